The first-order valence-electron chi connectivity index (χ1n) is 9.48. The van der Waals surface area contributed by atoms with E-state index in [-0.39, 0.29) is 11.8 Å². The molecule has 0 spiro atoms. The fraction of sp³-hybridized carbons (Fsp3) is 0.429. The summed E-state index contributed by atoms with van der Waals surface area (Å²) in [6.45, 7) is 3.87. The maximum atomic E-state index is 12.7. The van der Waals surface area contributed by atoms with Gasteiger partial charge in [0.1, 0.15) is 0 Å². The van der Waals surface area contributed by atoms with Gasteiger partial charge in [0.15, 0.2) is 0 Å². The molecule has 0 radical (unpaired) electrons. The summed E-state index contributed by atoms with van der Waals surface area (Å²) in [7, 11) is 0. The number of rotatable bonds is 6. The number of hydrogen-bond donors (Lipinski definition) is 2. The number of aromatic amines is 1. The molecule has 1 atom stereocenters. The normalized spacial score (nSPS) is 17.0. The molecular formula is C21H26ClN3O2. The summed E-state index contributed by atoms with van der Waals surface area (Å²) in [4.78, 5) is 29.8. The smallest absolute Gasteiger partial charge is 0.255 e. The van der Waals surface area contributed by atoms with Crippen LogP contribution in [0.5, 0.6) is 0 Å². The van der Waals surface area contributed by atoms with Gasteiger partial charge in [0, 0.05) is 43.0 Å². The number of likely N-dealkylation sites (tertiary alicyclic amines) is 1. The van der Waals surface area contributed by atoms with E-state index >= 15 is 0 Å². The molecule has 1 fully saturated rings. The lowest BCUT2D eigenvalue weighted by atomic mass is 9.93. The van der Waals surface area contributed by atoms with Gasteiger partial charge in [0.25, 0.3) is 5.91 Å². The molecule has 2 heterocycles. The minimum Gasteiger partial charge on any atom is -0.365 e. The Morgan fingerprint density at radius 1 is 1.30 bits per heavy atom. The molecule has 1 aromatic heterocycles. The summed E-state index contributed by atoms with van der Waals surface area (Å²) in [5, 5.41) is 3.60. The molecule has 1 saturated heterocycles. The van der Waals surface area contributed by atoms with Crippen LogP contribution in [0, 0.1) is 12.8 Å². The molecule has 0 aliphatic carbocycles. The van der Waals surface area contributed by atoms with Gasteiger partial charge in [-0.2, -0.15) is 0 Å². The summed E-state index contributed by atoms with van der Waals surface area (Å²) in [5.74, 6) is 0.481. The minimum atomic E-state index is 0.0276. The molecule has 2 amide bonds. The van der Waals surface area contributed by atoms with Crippen LogP contribution in [0.25, 0.3) is 0 Å². The molecule has 0 saturated carbocycles. The molecule has 27 heavy (non-hydrogen) atoms. The highest BCUT2D eigenvalue weighted by Crippen LogP contribution is 2.23. The fourth-order valence-electron chi connectivity index (χ4n) is 3.60. The van der Waals surface area contributed by atoms with Crippen LogP contribution < -0.4 is 5.32 Å². The third kappa shape index (κ3) is 5.13. The molecule has 1 aromatic carbocycles. The Kier molecular flexibility index (Phi) is 6.56. The van der Waals surface area contributed by atoms with Crippen LogP contribution in [0.3, 0.4) is 0 Å². The van der Waals surface area contributed by atoms with Crippen molar-refractivity contribution in [2.45, 2.75) is 39.2 Å². The first kappa shape index (κ1) is 19.5. The highest BCUT2D eigenvalue weighted by molar-refractivity contribution is 6.31. The molecule has 1 aliphatic rings. The quantitative estimate of drug-likeness (QED) is 0.788. The maximum absolute atomic E-state index is 12.7. The average Bonchev–Trinajstić information content (AvgIpc) is 3.11. The van der Waals surface area contributed by atoms with Gasteiger partial charge in [-0.05, 0) is 49.8 Å². The number of carbonyl (C=O) groups is 2. The molecule has 2 aromatic rings. The highest BCUT2D eigenvalue weighted by Gasteiger charge is 2.25. The predicted octanol–water partition coefficient (Wildman–Crippen LogP) is 3.93. The highest BCUT2D eigenvalue weighted by atomic mass is 35.5. The number of piperidine rings is 1. The van der Waals surface area contributed by atoms with Crippen molar-refractivity contribution in [3.05, 3.63) is 58.4 Å². The van der Waals surface area contributed by atoms with E-state index in [4.69, 9.17) is 11.6 Å². The Bertz CT molecular complexity index is 802. The van der Waals surface area contributed by atoms with Crippen molar-refractivity contribution in [3.8, 4) is 0 Å². The van der Waals surface area contributed by atoms with E-state index in [1.807, 2.05) is 42.2 Å². The molecule has 6 heteroatoms. The number of aromatic nitrogens is 1. The van der Waals surface area contributed by atoms with Gasteiger partial charge >= 0.3 is 0 Å². The van der Waals surface area contributed by atoms with Gasteiger partial charge in [0.2, 0.25) is 5.91 Å². The van der Waals surface area contributed by atoms with Crippen molar-refractivity contribution >= 4 is 23.4 Å². The van der Waals surface area contributed by atoms with Gasteiger partial charge in [-0.15, -0.1) is 0 Å². The van der Waals surface area contributed by atoms with Crippen LogP contribution in [0.2, 0.25) is 5.02 Å². The number of aryl methyl sites for hydroxylation is 1. The van der Waals surface area contributed by atoms with E-state index < -0.39 is 0 Å². The Morgan fingerprint density at radius 3 is 2.85 bits per heavy atom. The van der Waals surface area contributed by atoms with Crippen molar-refractivity contribution in [1.82, 2.24) is 15.2 Å². The molecule has 5 nitrogen and oxygen atoms in total. The lowest BCUT2D eigenvalue weighted by molar-refractivity contribution is -0.121. The Labute approximate surface area is 165 Å². The number of carbonyl (C=O) groups excluding carboxylic acids is 2. The summed E-state index contributed by atoms with van der Waals surface area (Å²) in [5.41, 5.74) is 2.57. The van der Waals surface area contributed by atoms with Crippen LogP contribution in [0.4, 0.5) is 0 Å². The molecule has 2 N–H and O–H groups in total. The van der Waals surface area contributed by atoms with E-state index in [0.717, 1.165) is 49.2 Å². The van der Waals surface area contributed by atoms with E-state index in [9.17, 15) is 9.59 Å². The topological polar surface area (TPSA) is 65.2 Å². The largest absolute Gasteiger partial charge is 0.365 e. The second-order valence-corrected chi connectivity index (χ2v) is 7.59. The number of benzene rings is 1. The van der Waals surface area contributed by atoms with Gasteiger partial charge in [-0.25, -0.2) is 0 Å². The van der Waals surface area contributed by atoms with Gasteiger partial charge in [-0.1, -0.05) is 29.8 Å². The van der Waals surface area contributed by atoms with E-state index in [1.165, 1.54) is 0 Å². The van der Waals surface area contributed by atoms with Crippen molar-refractivity contribution < 1.29 is 9.59 Å². The lowest BCUT2D eigenvalue weighted by Crippen LogP contribution is -2.40. The van der Waals surface area contributed by atoms with Crippen LogP contribution >= 0.6 is 11.6 Å². The molecule has 3 rings (SSSR count). The van der Waals surface area contributed by atoms with Crippen molar-refractivity contribution in [2.24, 2.45) is 5.92 Å². The molecule has 1 aliphatic heterocycles. The Balaban J connectivity index is 1.45. The van der Waals surface area contributed by atoms with Crippen molar-refractivity contribution in [3.63, 3.8) is 0 Å². The van der Waals surface area contributed by atoms with Crippen LogP contribution in [-0.2, 0) is 11.3 Å². The molecular weight excluding hydrogens is 362 g/mol. The van der Waals surface area contributed by atoms with E-state index in [0.29, 0.717) is 23.9 Å². The number of amides is 2. The number of H-pyrrole nitrogens is 1. The van der Waals surface area contributed by atoms with Gasteiger partial charge in [-0.3, -0.25) is 9.59 Å². The summed E-state index contributed by atoms with van der Waals surface area (Å²) >= 11 is 6.11. The summed E-state index contributed by atoms with van der Waals surface area (Å²) < 4.78 is 0. The van der Waals surface area contributed by atoms with Gasteiger partial charge < -0.3 is 15.2 Å². The first-order valence-corrected chi connectivity index (χ1v) is 9.85. The van der Waals surface area contributed by atoms with E-state index in [2.05, 4.69) is 10.3 Å². The van der Waals surface area contributed by atoms with Crippen LogP contribution in [0.15, 0.2) is 36.5 Å². The second-order valence-electron chi connectivity index (χ2n) is 7.18. The molecule has 0 bridgehead atoms. The van der Waals surface area contributed by atoms with Crippen LogP contribution in [-0.4, -0.2) is 34.8 Å². The third-order valence-corrected chi connectivity index (χ3v) is 5.57. The zero-order chi connectivity index (χ0) is 19.2. The number of halogens is 1. The molecule has 144 valence electrons. The lowest BCUT2D eigenvalue weighted by Gasteiger charge is -2.32. The first-order chi connectivity index (χ1) is 13.0. The zero-order valence-corrected chi connectivity index (χ0v) is 16.4. The fourth-order valence-corrected chi connectivity index (χ4v) is 3.80. The average molecular weight is 388 g/mol. The number of hydrogen-bond acceptors (Lipinski definition) is 2. The Hall–Kier alpha value is -2.27. The number of nitrogens with zero attached hydrogens (tertiary/aromatic N) is 1. The second kappa shape index (κ2) is 9.09. The van der Waals surface area contributed by atoms with E-state index in [1.54, 1.807) is 6.20 Å². The Morgan fingerprint density at radius 2 is 2.11 bits per heavy atom. The zero-order valence-electron chi connectivity index (χ0n) is 15.6. The van der Waals surface area contributed by atoms with Gasteiger partial charge in [0.05, 0.1) is 5.56 Å². The van der Waals surface area contributed by atoms with Crippen molar-refractivity contribution in [2.75, 3.05) is 13.1 Å². The SMILES string of the molecule is Cc1[nH]ccc1C(=O)N1CCC[C@@H](CCC(=O)NCc2ccccc2Cl)C1. The predicted molar refractivity (Wildman–Crippen MR) is 107 cm³/mol. The monoisotopic (exact) mass is 387 g/mol. The minimum absolute atomic E-state index is 0.0276. The van der Waals surface area contributed by atoms with Crippen LogP contribution in [0.1, 0.15) is 47.3 Å². The standard InChI is InChI=1S/C21H26ClN3O2/c1-15-18(10-11-23-15)21(27)25-12-4-5-16(14-25)8-9-20(26)24-13-17-6-2-3-7-19(17)22/h2-3,6-7,10-11,16,23H,4-5,8-9,12-14H2,1H3,(H,24,26)/t16-/m0/s1. The third-order valence-electron chi connectivity index (χ3n) is 5.20. The molecule has 0 unspecified atom stereocenters. The number of nitrogens with one attached hydrogen (secondary N) is 2. The summed E-state index contributed by atoms with van der Waals surface area (Å²) in [6, 6.07) is 9.36. The summed E-state index contributed by atoms with van der Waals surface area (Å²) in [6.07, 6.45) is 5.12. The van der Waals surface area contributed by atoms with Crippen molar-refractivity contribution in [1.29, 1.82) is 0 Å². The maximum Gasteiger partial charge on any atom is 0.255 e.